The van der Waals surface area contributed by atoms with Gasteiger partial charge in [0.05, 0.1) is 6.54 Å². The van der Waals surface area contributed by atoms with Gasteiger partial charge in [-0.25, -0.2) is 4.39 Å². The van der Waals surface area contributed by atoms with Crippen molar-refractivity contribution in [2.75, 3.05) is 13.1 Å². The summed E-state index contributed by atoms with van der Waals surface area (Å²) in [6, 6.07) is 6.79. The third-order valence-electron chi connectivity index (χ3n) is 4.66. The standard InChI is InChI=1S/C16H22FN3/c17-14-6-4-13(5-7-14)16(8-9-16)11-20-15(18)19-10-12-2-1-3-12/h4-7,12H,1-3,8-11H2,(H3,18,19,20). The first-order valence-electron chi connectivity index (χ1n) is 7.48. The topological polar surface area (TPSA) is 50.4 Å². The van der Waals surface area contributed by atoms with Gasteiger partial charge in [0, 0.05) is 12.0 Å². The average molecular weight is 275 g/mol. The summed E-state index contributed by atoms with van der Waals surface area (Å²) in [5, 5.41) is 3.21. The molecule has 0 bridgehead atoms. The highest BCUT2D eigenvalue weighted by molar-refractivity contribution is 5.77. The van der Waals surface area contributed by atoms with E-state index in [-0.39, 0.29) is 11.2 Å². The van der Waals surface area contributed by atoms with Gasteiger partial charge >= 0.3 is 0 Å². The van der Waals surface area contributed by atoms with Gasteiger partial charge < -0.3 is 11.1 Å². The van der Waals surface area contributed by atoms with Gasteiger partial charge in [-0.15, -0.1) is 0 Å². The largest absolute Gasteiger partial charge is 0.370 e. The molecule has 0 saturated heterocycles. The molecule has 0 amide bonds. The second-order valence-corrected chi connectivity index (χ2v) is 6.17. The van der Waals surface area contributed by atoms with Crippen molar-refractivity contribution < 1.29 is 4.39 Å². The molecule has 0 aliphatic heterocycles. The molecule has 20 heavy (non-hydrogen) atoms. The molecule has 2 fully saturated rings. The van der Waals surface area contributed by atoms with Crippen LogP contribution in [0.15, 0.2) is 29.3 Å². The number of benzene rings is 1. The van der Waals surface area contributed by atoms with Gasteiger partial charge in [-0.05, 0) is 49.3 Å². The van der Waals surface area contributed by atoms with Gasteiger partial charge in [0.15, 0.2) is 5.96 Å². The summed E-state index contributed by atoms with van der Waals surface area (Å²) in [6.07, 6.45) is 6.17. The number of hydrogen-bond acceptors (Lipinski definition) is 1. The normalized spacial score (nSPS) is 21.4. The monoisotopic (exact) mass is 275 g/mol. The smallest absolute Gasteiger partial charge is 0.188 e. The Hall–Kier alpha value is -1.58. The minimum atomic E-state index is -0.185. The zero-order valence-electron chi connectivity index (χ0n) is 11.7. The van der Waals surface area contributed by atoms with Crippen molar-refractivity contribution in [3.63, 3.8) is 0 Å². The fraction of sp³-hybridized carbons (Fsp3) is 0.562. The van der Waals surface area contributed by atoms with E-state index in [0.717, 1.165) is 25.3 Å². The summed E-state index contributed by atoms with van der Waals surface area (Å²) in [5.41, 5.74) is 7.19. The maximum atomic E-state index is 13.0. The Morgan fingerprint density at radius 1 is 1.30 bits per heavy atom. The molecule has 108 valence electrons. The molecule has 3 rings (SSSR count). The highest BCUT2D eigenvalue weighted by Gasteiger charge is 2.44. The molecule has 4 heteroatoms. The third kappa shape index (κ3) is 2.94. The van der Waals surface area contributed by atoms with E-state index < -0.39 is 0 Å². The van der Waals surface area contributed by atoms with Crippen LogP contribution in [0.3, 0.4) is 0 Å². The number of nitrogens with two attached hydrogens (primary N) is 1. The quantitative estimate of drug-likeness (QED) is 0.641. The molecule has 2 saturated carbocycles. The molecule has 0 heterocycles. The Balaban J connectivity index is 1.54. The molecule has 1 aromatic rings. The first-order valence-corrected chi connectivity index (χ1v) is 7.48. The molecule has 2 aliphatic carbocycles. The van der Waals surface area contributed by atoms with E-state index in [1.54, 1.807) is 0 Å². The molecular formula is C16H22FN3. The van der Waals surface area contributed by atoms with Crippen LogP contribution in [0.4, 0.5) is 4.39 Å². The second-order valence-electron chi connectivity index (χ2n) is 6.17. The fourth-order valence-electron chi connectivity index (χ4n) is 2.73. The predicted octanol–water partition coefficient (Wildman–Crippen LogP) is 2.56. The van der Waals surface area contributed by atoms with E-state index in [2.05, 4.69) is 10.3 Å². The number of hydrogen-bond donors (Lipinski definition) is 2. The molecule has 3 nitrogen and oxygen atoms in total. The Bertz CT molecular complexity index is 487. The molecule has 1 aromatic carbocycles. The van der Waals surface area contributed by atoms with Crippen molar-refractivity contribution in [3.8, 4) is 0 Å². The first-order chi connectivity index (χ1) is 9.68. The molecule has 0 unspecified atom stereocenters. The maximum absolute atomic E-state index is 13.0. The molecular weight excluding hydrogens is 253 g/mol. The minimum absolute atomic E-state index is 0.0937. The fourth-order valence-corrected chi connectivity index (χ4v) is 2.73. The lowest BCUT2D eigenvalue weighted by molar-refractivity contribution is 0.315. The van der Waals surface area contributed by atoms with Gasteiger partial charge in [0.1, 0.15) is 5.82 Å². The van der Waals surface area contributed by atoms with Crippen molar-refractivity contribution in [2.24, 2.45) is 16.6 Å². The molecule has 0 radical (unpaired) electrons. The number of rotatable bonds is 5. The van der Waals surface area contributed by atoms with E-state index in [1.165, 1.54) is 37.0 Å². The lowest BCUT2D eigenvalue weighted by Gasteiger charge is -2.25. The predicted molar refractivity (Wildman–Crippen MR) is 79.1 cm³/mol. The lowest BCUT2D eigenvalue weighted by Crippen LogP contribution is -2.37. The van der Waals surface area contributed by atoms with Crippen LogP contribution in [0.2, 0.25) is 0 Å². The Labute approximate surface area is 119 Å². The van der Waals surface area contributed by atoms with Crippen LogP contribution < -0.4 is 11.1 Å². The van der Waals surface area contributed by atoms with Crippen LogP contribution in [0.25, 0.3) is 0 Å². The highest BCUT2D eigenvalue weighted by atomic mass is 19.1. The van der Waals surface area contributed by atoms with Crippen LogP contribution in [0.5, 0.6) is 0 Å². The van der Waals surface area contributed by atoms with E-state index in [1.807, 2.05) is 12.1 Å². The summed E-state index contributed by atoms with van der Waals surface area (Å²) in [6.45, 7) is 1.64. The summed E-state index contributed by atoms with van der Waals surface area (Å²) < 4.78 is 13.0. The molecule has 3 N–H and O–H groups in total. The Kier molecular flexibility index (Phi) is 3.64. The van der Waals surface area contributed by atoms with Crippen molar-refractivity contribution in [2.45, 2.75) is 37.5 Å². The zero-order valence-corrected chi connectivity index (χ0v) is 11.7. The average Bonchev–Trinajstić information content (AvgIpc) is 3.16. The van der Waals surface area contributed by atoms with Gasteiger partial charge in [0.25, 0.3) is 0 Å². The van der Waals surface area contributed by atoms with Crippen molar-refractivity contribution in [3.05, 3.63) is 35.6 Å². The number of aliphatic imine (C=N–C) groups is 1. The van der Waals surface area contributed by atoms with Gasteiger partial charge in [-0.1, -0.05) is 18.6 Å². The molecule has 0 atom stereocenters. The summed E-state index contributed by atoms with van der Waals surface area (Å²) in [4.78, 5) is 4.48. The number of guanidine groups is 1. The van der Waals surface area contributed by atoms with Gasteiger partial charge in [-0.2, -0.15) is 0 Å². The summed E-state index contributed by atoms with van der Waals surface area (Å²) in [5.74, 6) is 1.13. The highest BCUT2D eigenvalue weighted by Crippen LogP contribution is 2.48. The molecule has 2 aliphatic rings. The van der Waals surface area contributed by atoms with Crippen molar-refractivity contribution in [1.82, 2.24) is 5.32 Å². The number of nitrogens with zero attached hydrogens (tertiary/aromatic N) is 1. The van der Waals surface area contributed by atoms with Gasteiger partial charge in [0.2, 0.25) is 0 Å². The van der Waals surface area contributed by atoms with E-state index in [4.69, 9.17) is 5.73 Å². The number of nitrogens with one attached hydrogen (secondary N) is 1. The van der Waals surface area contributed by atoms with Crippen LogP contribution in [0.1, 0.15) is 37.7 Å². The van der Waals surface area contributed by atoms with E-state index >= 15 is 0 Å². The molecule has 0 aromatic heterocycles. The maximum Gasteiger partial charge on any atom is 0.188 e. The Morgan fingerprint density at radius 3 is 2.55 bits per heavy atom. The minimum Gasteiger partial charge on any atom is -0.370 e. The third-order valence-corrected chi connectivity index (χ3v) is 4.66. The first kappa shape index (κ1) is 13.4. The van der Waals surface area contributed by atoms with Crippen LogP contribution in [-0.4, -0.2) is 19.0 Å². The summed E-state index contributed by atoms with van der Waals surface area (Å²) in [7, 11) is 0. The van der Waals surface area contributed by atoms with E-state index in [9.17, 15) is 4.39 Å². The van der Waals surface area contributed by atoms with Crippen LogP contribution in [0, 0.1) is 11.7 Å². The zero-order chi connectivity index (χ0) is 14.0. The Morgan fingerprint density at radius 2 is 2.00 bits per heavy atom. The summed E-state index contributed by atoms with van der Waals surface area (Å²) >= 11 is 0. The van der Waals surface area contributed by atoms with Crippen LogP contribution in [-0.2, 0) is 5.41 Å². The van der Waals surface area contributed by atoms with Crippen molar-refractivity contribution >= 4 is 5.96 Å². The second kappa shape index (κ2) is 5.43. The van der Waals surface area contributed by atoms with Crippen molar-refractivity contribution in [1.29, 1.82) is 0 Å². The van der Waals surface area contributed by atoms with Crippen LogP contribution >= 0.6 is 0 Å². The molecule has 0 spiro atoms. The SMILES string of the molecule is NC(=NCC1(c2ccc(F)cc2)CC1)NCC1CCC1. The lowest BCUT2D eigenvalue weighted by atomic mass is 9.85. The number of halogens is 1. The van der Waals surface area contributed by atoms with Gasteiger partial charge in [-0.3, -0.25) is 4.99 Å². The van der Waals surface area contributed by atoms with E-state index in [0.29, 0.717) is 12.5 Å².